The Labute approximate surface area is 137 Å². The Bertz CT molecular complexity index is 511. The molecular weight excluding hydrogens is 275 g/mol. The third kappa shape index (κ3) is 5.56. The van der Waals surface area contributed by atoms with Gasteiger partial charge in [-0.05, 0) is 6.07 Å². The molecule has 0 aromatic heterocycles. The molecule has 0 radical (unpaired) electrons. The Balaban J connectivity index is 0.00000361. The monoisotopic (exact) mass is 286 g/mol. The average Bonchev–Trinajstić information content (AvgIpc) is 2.42. The van der Waals surface area contributed by atoms with Crippen molar-refractivity contribution in [1.29, 1.82) is 0 Å². The average molecular weight is 286 g/mol. The molecular formula is C13H11NaO6. The van der Waals surface area contributed by atoms with Crippen LogP contribution < -0.4 is 34.7 Å². The van der Waals surface area contributed by atoms with Gasteiger partial charge >= 0.3 is 41.5 Å². The van der Waals surface area contributed by atoms with Gasteiger partial charge in [-0.1, -0.05) is 24.8 Å². The topological polar surface area (TPSA) is 92.7 Å². The second-order valence-electron chi connectivity index (χ2n) is 3.34. The fourth-order valence-electron chi connectivity index (χ4n) is 1.25. The summed E-state index contributed by atoms with van der Waals surface area (Å²) in [5.74, 6) is -2.92. The van der Waals surface area contributed by atoms with Gasteiger partial charge in [0.2, 0.25) is 0 Å². The van der Waals surface area contributed by atoms with E-state index in [1.54, 1.807) is 0 Å². The summed E-state index contributed by atoms with van der Waals surface area (Å²) in [7, 11) is 0. The Kier molecular flexibility index (Phi) is 8.54. The van der Waals surface area contributed by atoms with E-state index in [-0.39, 0.29) is 53.9 Å². The molecule has 0 aliphatic heterocycles. The molecule has 100 valence electrons. The largest absolute Gasteiger partial charge is 1.00 e. The summed E-state index contributed by atoms with van der Waals surface area (Å²) in [5, 5.41) is 10.8. The summed E-state index contributed by atoms with van der Waals surface area (Å²) < 4.78 is 9.36. The van der Waals surface area contributed by atoms with E-state index >= 15 is 0 Å². The molecule has 0 aliphatic carbocycles. The second-order valence-corrected chi connectivity index (χ2v) is 3.34. The third-order valence-electron chi connectivity index (χ3n) is 2.09. The molecule has 1 aromatic rings. The summed E-state index contributed by atoms with van der Waals surface area (Å²) in [6, 6.07) is 5.52. The second kappa shape index (κ2) is 9.30. The predicted octanol–water partition coefficient (Wildman–Crippen LogP) is -3.06. The van der Waals surface area contributed by atoms with E-state index in [0.717, 1.165) is 6.08 Å². The minimum absolute atomic E-state index is 0. The van der Waals surface area contributed by atoms with Crippen molar-refractivity contribution in [3.05, 3.63) is 48.0 Å². The van der Waals surface area contributed by atoms with E-state index in [1.807, 2.05) is 0 Å². The van der Waals surface area contributed by atoms with Crippen LogP contribution in [0, 0.1) is 0 Å². The van der Waals surface area contributed by atoms with E-state index in [9.17, 15) is 19.5 Å². The number of carboxylic acids is 1. The normalized spacial score (nSPS) is 9.00. The van der Waals surface area contributed by atoms with Crippen LogP contribution >= 0.6 is 0 Å². The summed E-state index contributed by atoms with van der Waals surface area (Å²) in [6.07, 6.45) is 0.979. The van der Waals surface area contributed by atoms with Crippen LogP contribution in [0.3, 0.4) is 0 Å². The molecule has 0 amide bonds. The molecule has 1 rings (SSSR count). The molecule has 0 heterocycles. The zero-order valence-electron chi connectivity index (χ0n) is 11.0. The standard InChI is InChI=1S/C13H12O6.Na/c1-2-11(14)18-7-8-19-13(17)10-6-4-3-5-9(10)12(15)16;/h2-6H,1,7-8H2,(H,15,16);/q;+1/p-1. The van der Waals surface area contributed by atoms with E-state index in [4.69, 9.17) is 4.74 Å². The SMILES string of the molecule is C=CC(=O)OCCOC(=O)c1ccccc1C(=O)[O-].[Na+]. The van der Waals surface area contributed by atoms with Crippen LogP contribution in [-0.2, 0) is 14.3 Å². The molecule has 0 aliphatic rings. The number of hydrogen-bond donors (Lipinski definition) is 0. The van der Waals surface area contributed by atoms with E-state index in [2.05, 4.69) is 11.3 Å². The van der Waals surface area contributed by atoms with Crippen molar-refractivity contribution in [3.63, 3.8) is 0 Å². The van der Waals surface area contributed by atoms with Crippen molar-refractivity contribution in [2.75, 3.05) is 13.2 Å². The molecule has 0 atom stereocenters. The van der Waals surface area contributed by atoms with Crippen molar-refractivity contribution in [3.8, 4) is 0 Å². The van der Waals surface area contributed by atoms with Gasteiger partial charge in [0.1, 0.15) is 13.2 Å². The molecule has 0 saturated carbocycles. The fraction of sp³-hybridized carbons (Fsp3) is 0.154. The van der Waals surface area contributed by atoms with Gasteiger partial charge < -0.3 is 19.4 Å². The molecule has 0 saturated heterocycles. The van der Waals surface area contributed by atoms with Gasteiger partial charge in [0.25, 0.3) is 0 Å². The number of benzene rings is 1. The summed E-state index contributed by atoms with van der Waals surface area (Å²) in [5.41, 5.74) is -0.367. The Morgan fingerprint density at radius 1 is 1.10 bits per heavy atom. The number of carboxylic acid groups (broad SMARTS) is 1. The van der Waals surface area contributed by atoms with Crippen molar-refractivity contribution in [2.24, 2.45) is 0 Å². The van der Waals surface area contributed by atoms with Crippen molar-refractivity contribution < 1.29 is 58.5 Å². The van der Waals surface area contributed by atoms with Gasteiger partial charge in [-0.25, -0.2) is 9.59 Å². The zero-order valence-corrected chi connectivity index (χ0v) is 13.0. The van der Waals surface area contributed by atoms with Crippen LogP contribution in [0.25, 0.3) is 0 Å². The first-order valence-corrected chi connectivity index (χ1v) is 5.33. The Morgan fingerprint density at radius 2 is 1.65 bits per heavy atom. The van der Waals surface area contributed by atoms with E-state index in [0.29, 0.717) is 0 Å². The number of ether oxygens (including phenoxy) is 2. The number of rotatable bonds is 6. The van der Waals surface area contributed by atoms with Crippen molar-refractivity contribution in [2.45, 2.75) is 0 Å². The number of carbonyl (C=O) groups excluding carboxylic acids is 3. The van der Waals surface area contributed by atoms with Crippen LogP contribution in [0.5, 0.6) is 0 Å². The van der Waals surface area contributed by atoms with Crippen LogP contribution in [0.15, 0.2) is 36.9 Å². The van der Waals surface area contributed by atoms with Crippen molar-refractivity contribution >= 4 is 17.9 Å². The molecule has 0 unspecified atom stereocenters. The summed E-state index contributed by atoms with van der Waals surface area (Å²) >= 11 is 0. The number of esters is 2. The molecule has 0 bridgehead atoms. The van der Waals surface area contributed by atoms with Gasteiger partial charge in [-0.3, -0.25) is 0 Å². The van der Waals surface area contributed by atoms with Crippen LogP contribution in [0.2, 0.25) is 0 Å². The minimum atomic E-state index is -1.47. The fourth-order valence-corrected chi connectivity index (χ4v) is 1.25. The van der Waals surface area contributed by atoms with Gasteiger partial charge in [-0.2, -0.15) is 0 Å². The van der Waals surface area contributed by atoms with E-state index in [1.165, 1.54) is 24.3 Å². The zero-order chi connectivity index (χ0) is 14.3. The van der Waals surface area contributed by atoms with Crippen molar-refractivity contribution in [1.82, 2.24) is 0 Å². The first-order valence-electron chi connectivity index (χ1n) is 5.33. The van der Waals surface area contributed by atoms with E-state index < -0.39 is 17.9 Å². The maximum atomic E-state index is 11.6. The first kappa shape index (κ1) is 18.4. The van der Waals surface area contributed by atoms with Gasteiger partial charge in [0.15, 0.2) is 0 Å². The minimum Gasteiger partial charge on any atom is -0.545 e. The Hall–Kier alpha value is -1.63. The molecule has 0 N–H and O–H groups in total. The molecule has 7 heteroatoms. The van der Waals surface area contributed by atoms with Crippen LogP contribution in [0.4, 0.5) is 0 Å². The maximum absolute atomic E-state index is 11.6. The summed E-state index contributed by atoms with van der Waals surface area (Å²) in [6.45, 7) is 2.88. The number of aromatic carboxylic acids is 1. The van der Waals surface area contributed by atoms with Crippen LogP contribution in [-0.4, -0.2) is 31.1 Å². The molecule has 0 fully saturated rings. The van der Waals surface area contributed by atoms with Gasteiger partial charge in [0.05, 0.1) is 11.5 Å². The van der Waals surface area contributed by atoms with Gasteiger partial charge in [-0.15, -0.1) is 0 Å². The van der Waals surface area contributed by atoms with Gasteiger partial charge in [0, 0.05) is 11.6 Å². The van der Waals surface area contributed by atoms with Crippen LogP contribution in [0.1, 0.15) is 20.7 Å². The molecule has 20 heavy (non-hydrogen) atoms. The number of carbonyl (C=O) groups is 3. The summed E-state index contributed by atoms with van der Waals surface area (Å²) in [4.78, 5) is 33.1. The third-order valence-corrected chi connectivity index (χ3v) is 2.09. The Morgan fingerprint density at radius 3 is 2.20 bits per heavy atom. The maximum Gasteiger partial charge on any atom is 1.00 e. The smallest absolute Gasteiger partial charge is 0.545 e. The molecule has 0 spiro atoms. The number of hydrogen-bond acceptors (Lipinski definition) is 6. The first-order chi connectivity index (χ1) is 9.06. The quantitative estimate of drug-likeness (QED) is 0.239. The predicted molar refractivity (Wildman–Crippen MR) is 62.2 cm³/mol. The molecule has 1 aromatic carbocycles. The molecule has 6 nitrogen and oxygen atoms in total.